The molecule has 0 saturated carbocycles. The van der Waals surface area contributed by atoms with E-state index in [1.807, 2.05) is 17.5 Å². The first-order valence-corrected chi connectivity index (χ1v) is 10.4. The van der Waals surface area contributed by atoms with E-state index in [0.717, 1.165) is 32.5 Å². The van der Waals surface area contributed by atoms with Crippen molar-refractivity contribution in [2.75, 3.05) is 19.8 Å². The highest BCUT2D eigenvalue weighted by molar-refractivity contribution is 7.10. The summed E-state index contributed by atoms with van der Waals surface area (Å²) in [5.74, 6) is -1.40. The third-order valence-electron chi connectivity index (χ3n) is 5.19. The molecule has 2 aromatic rings. The maximum atomic E-state index is 12.7. The van der Waals surface area contributed by atoms with E-state index in [1.54, 1.807) is 22.7 Å². The number of fused-ring (bicyclic) bond motifs is 1. The number of nitrogens with one attached hydrogen (secondary N) is 1. The molecule has 0 aromatic carbocycles. The van der Waals surface area contributed by atoms with E-state index in [2.05, 4.69) is 18.4 Å². The molecule has 136 valence electrons. The quantitative estimate of drug-likeness (QED) is 0.618. The van der Waals surface area contributed by atoms with Gasteiger partial charge >= 0.3 is 17.8 Å². The molecule has 2 atom stereocenters. The normalized spacial score (nSPS) is 23.0. The number of hydrogen-bond donors (Lipinski definition) is 1. The lowest BCUT2D eigenvalue weighted by Crippen LogP contribution is -3.14. The van der Waals surface area contributed by atoms with Gasteiger partial charge in [0.1, 0.15) is 6.04 Å². The smallest absolute Gasteiger partial charge is 0.311 e. The van der Waals surface area contributed by atoms with E-state index in [-0.39, 0.29) is 19.3 Å². The second kappa shape index (κ2) is 6.94. The molecular formula is C18H20N3O3S2+. The average Bonchev–Trinajstić information content (AvgIpc) is 3.35. The molecule has 0 bridgehead atoms. The van der Waals surface area contributed by atoms with E-state index in [0.29, 0.717) is 6.42 Å². The summed E-state index contributed by atoms with van der Waals surface area (Å²) in [6, 6.07) is 5.75. The van der Waals surface area contributed by atoms with Crippen molar-refractivity contribution in [2.45, 2.75) is 25.8 Å². The Kier molecular flexibility index (Phi) is 4.64. The Morgan fingerprint density at radius 3 is 2.69 bits per heavy atom. The Balaban J connectivity index is 1.44. The summed E-state index contributed by atoms with van der Waals surface area (Å²) in [5.41, 5.74) is 1.29. The Morgan fingerprint density at radius 1 is 1.12 bits per heavy atom. The van der Waals surface area contributed by atoms with E-state index in [4.69, 9.17) is 0 Å². The number of rotatable bonds is 5. The lowest BCUT2D eigenvalue weighted by molar-refractivity contribution is -0.938. The van der Waals surface area contributed by atoms with Crippen LogP contribution in [0.4, 0.5) is 4.79 Å². The molecule has 1 unspecified atom stereocenters. The molecule has 4 rings (SSSR count). The Labute approximate surface area is 159 Å². The molecule has 0 radical (unpaired) electrons. The zero-order valence-corrected chi connectivity index (χ0v) is 16.1. The van der Waals surface area contributed by atoms with Crippen molar-refractivity contribution in [1.29, 1.82) is 0 Å². The highest BCUT2D eigenvalue weighted by Gasteiger charge is 2.46. The first-order chi connectivity index (χ1) is 12.6. The van der Waals surface area contributed by atoms with Gasteiger partial charge in [-0.1, -0.05) is 6.07 Å². The number of amides is 4. The van der Waals surface area contributed by atoms with Crippen molar-refractivity contribution in [3.05, 3.63) is 44.3 Å². The SMILES string of the molecule is C[C@@H]1c2ccsc2CC[NH+]1CN1C(=O)C(=O)N(CCc2cccs2)C1=O. The van der Waals surface area contributed by atoms with Crippen molar-refractivity contribution in [2.24, 2.45) is 0 Å². The second-order valence-corrected chi connectivity index (χ2v) is 8.67. The van der Waals surface area contributed by atoms with Gasteiger partial charge in [-0.3, -0.25) is 14.5 Å². The van der Waals surface area contributed by atoms with Gasteiger partial charge in [-0.15, -0.1) is 22.7 Å². The third-order valence-corrected chi connectivity index (χ3v) is 7.12. The maximum Gasteiger partial charge on any atom is 0.338 e. The van der Waals surface area contributed by atoms with Gasteiger partial charge in [-0.2, -0.15) is 0 Å². The zero-order valence-electron chi connectivity index (χ0n) is 14.4. The molecule has 1 saturated heterocycles. The van der Waals surface area contributed by atoms with Crippen LogP contribution in [0.15, 0.2) is 29.0 Å². The van der Waals surface area contributed by atoms with Crippen LogP contribution in [0.5, 0.6) is 0 Å². The van der Waals surface area contributed by atoms with Gasteiger partial charge in [0, 0.05) is 34.7 Å². The number of thiophene rings is 2. The van der Waals surface area contributed by atoms with Crippen LogP contribution >= 0.6 is 22.7 Å². The number of carbonyl (C=O) groups excluding carboxylic acids is 3. The van der Waals surface area contributed by atoms with Crippen LogP contribution < -0.4 is 4.90 Å². The summed E-state index contributed by atoms with van der Waals surface area (Å²) in [6.45, 7) is 3.46. The molecule has 0 spiro atoms. The Hall–Kier alpha value is -2.03. The van der Waals surface area contributed by atoms with Crippen LogP contribution in [0.2, 0.25) is 0 Å². The monoisotopic (exact) mass is 390 g/mol. The lowest BCUT2D eigenvalue weighted by atomic mass is 10.0. The van der Waals surface area contributed by atoms with Crippen molar-refractivity contribution >= 4 is 40.5 Å². The predicted molar refractivity (Wildman–Crippen MR) is 99.1 cm³/mol. The topological polar surface area (TPSA) is 62.1 Å². The van der Waals surface area contributed by atoms with Crippen LogP contribution in [0, 0.1) is 0 Å². The van der Waals surface area contributed by atoms with Gasteiger partial charge in [0.25, 0.3) is 0 Å². The van der Waals surface area contributed by atoms with Crippen molar-refractivity contribution in [1.82, 2.24) is 9.80 Å². The van der Waals surface area contributed by atoms with Gasteiger partial charge < -0.3 is 4.90 Å². The number of carbonyl (C=O) groups is 3. The standard InChI is InChI=1S/C18H19N3O3S2/c1-12-14-6-10-26-15(14)5-7-19(12)11-21-17(23)16(22)20(18(21)24)8-4-13-3-2-9-25-13/h2-3,6,9-10,12H,4-5,7-8,11H2,1H3/p+1/t12-/m1/s1. The molecule has 4 amide bonds. The van der Waals surface area contributed by atoms with Crippen LogP contribution in [-0.4, -0.2) is 47.4 Å². The van der Waals surface area contributed by atoms with Crippen LogP contribution in [0.1, 0.15) is 28.3 Å². The molecule has 1 N–H and O–H groups in total. The van der Waals surface area contributed by atoms with Crippen molar-refractivity contribution in [3.8, 4) is 0 Å². The van der Waals surface area contributed by atoms with Gasteiger partial charge in [-0.05, 0) is 29.8 Å². The lowest BCUT2D eigenvalue weighted by Gasteiger charge is -2.32. The summed E-state index contributed by atoms with van der Waals surface area (Å²) in [4.78, 5) is 43.1. The van der Waals surface area contributed by atoms with Gasteiger partial charge in [0.2, 0.25) is 0 Å². The van der Waals surface area contributed by atoms with Crippen molar-refractivity contribution in [3.63, 3.8) is 0 Å². The van der Waals surface area contributed by atoms with Gasteiger partial charge in [-0.25, -0.2) is 9.69 Å². The van der Waals surface area contributed by atoms with Crippen LogP contribution in [0.3, 0.4) is 0 Å². The van der Waals surface area contributed by atoms with Gasteiger partial charge in [0.15, 0.2) is 6.67 Å². The highest BCUT2D eigenvalue weighted by Crippen LogP contribution is 2.25. The fourth-order valence-electron chi connectivity index (χ4n) is 3.63. The molecule has 8 heteroatoms. The van der Waals surface area contributed by atoms with E-state index in [9.17, 15) is 14.4 Å². The minimum Gasteiger partial charge on any atom is -0.311 e. The molecular weight excluding hydrogens is 370 g/mol. The number of imide groups is 2. The summed E-state index contributed by atoms with van der Waals surface area (Å²) in [6.07, 6.45) is 1.53. The largest absolute Gasteiger partial charge is 0.338 e. The minimum atomic E-state index is -0.702. The summed E-state index contributed by atoms with van der Waals surface area (Å²) in [5, 5.41) is 4.05. The molecule has 2 aliphatic heterocycles. The van der Waals surface area contributed by atoms with Crippen LogP contribution in [-0.2, 0) is 22.4 Å². The average molecular weight is 391 g/mol. The first kappa shape index (κ1) is 17.4. The number of urea groups is 1. The molecule has 2 aromatic heterocycles. The summed E-state index contributed by atoms with van der Waals surface area (Å²) >= 11 is 3.34. The molecule has 6 nitrogen and oxygen atoms in total. The van der Waals surface area contributed by atoms with E-state index >= 15 is 0 Å². The number of quaternary nitrogens is 1. The fraction of sp³-hybridized carbons (Fsp3) is 0.389. The fourth-order valence-corrected chi connectivity index (χ4v) is 5.31. The molecule has 4 heterocycles. The van der Waals surface area contributed by atoms with Crippen molar-refractivity contribution < 1.29 is 19.3 Å². The van der Waals surface area contributed by atoms with Gasteiger partial charge in [0.05, 0.1) is 6.54 Å². The minimum absolute atomic E-state index is 0.209. The van der Waals surface area contributed by atoms with Crippen LogP contribution in [0.25, 0.3) is 0 Å². The molecule has 26 heavy (non-hydrogen) atoms. The molecule has 0 aliphatic carbocycles. The molecule has 1 fully saturated rings. The highest BCUT2D eigenvalue weighted by atomic mass is 32.1. The zero-order chi connectivity index (χ0) is 18.3. The predicted octanol–water partition coefficient (Wildman–Crippen LogP) is 1.30. The summed E-state index contributed by atoms with van der Waals surface area (Å²) < 4.78 is 0. The van der Waals surface area contributed by atoms with E-state index < -0.39 is 17.8 Å². The third kappa shape index (κ3) is 2.98. The second-order valence-electron chi connectivity index (χ2n) is 6.64. The molecule has 2 aliphatic rings. The first-order valence-electron chi connectivity index (χ1n) is 8.67. The number of nitrogens with zero attached hydrogens (tertiary/aromatic N) is 2. The summed E-state index contributed by atoms with van der Waals surface area (Å²) in [7, 11) is 0. The maximum absolute atomic E-state index is 12.7. The number of hydrogen-bond acceptors (Lipinski definition) is 5. The Bertz CT molecular complexity index is 846. The Morgan fingerprint density at radius 2 is 1.92 bits per heavy atom. The van der Waals surface area contributed by atoms with E-state index in [1.165, 1.54) is 10.4 Å².